The standard InChI is InChI=1S/C21H29N5O9/c22-13(5-7-16(23)28)19(32)26-15(9-11-1-3-12(27)4-2-11)20(33)24-10-17(29)25-14(21(34)35)6-8-18(30)31/h1-4,13-15,27H,5-10,22H2,(H2,23,28)(H,24,33)(H,25,29)(H,26,32)(H,30,31)(H,34,35). The van der Waals surface area contributed by atoms with Crippen molar-refractivity contribution in [2.45, 2.75) is 50.2 Å². The maximum absolute atomic E-state index is 12.7. The third kappa shape index (κ3) is 11.5. The molecule has 1 aromatic carbocycles. The van der Waals surface area contributed by atoms with E-state index in [1.54, 1.807) is 0 Å². The summed E-state index contributed by atoms with van der Waals surface area (Å²) in [4.78, 5) is 70.0. The molecule has 0 saturated carbocycles. The van der Waals surface area contributed by atoms with Crippen LogP contribution in [-0.4, -0.2) is 75.6 Å². The van der Waals surface area contributed by atoms with Gasteiger partial charge in [0.05, 0.1) is 12.6 Å². The zero-order chi connectivity index (χ0) is 26.5. The zero-order valence-corrected chi connectivity index (χ0v) is 18.7. The molecule has 0 aromatic heterocycles. The Morgan fingerprint density at radius 2 is 1.49 bits per heavy atom. The fraction of sp³-hybridized carbons (Fsp3) is 0.429. The second-order valence-electron chi connectivity index (χ2n) is 7.65. The van der Waals surface area contributed by atoms with Crippen LogP contribution in [0.2, 0.25) is 0 Å². The van der Waals surface area contributed by atoms with Gasteiger partial charge in [-0.25, -0.2) is 4.79 Å². The lowest BCUT2D eigenvalue weighted by molar-refractivity contribution is -0.143. The number of aromatic hydroxyl groups is 1. The molecule has 1 rings (SSSR count). The molecule has 0 radical (unpaired) electrons. The van der Waals surface area contributed by atoms with Crippen molar-refractivity contribution in [1.29, 1.82) is 0 Å². The number of phenols is 1. The van der Waals surface area contributed by atoms with Crippen molar-refractivity contribution < 1.29 is 44.1 Å². The quantitative estimate of drug-likeness (QED) is 0.128. The van der Waals surface area contributed by atoms with Crippen LogP contribution in [0.15, 0.2) is 24.3 Å². The van der Waals surface area contributed by atoms with E-state index in [0.29, 0.717) is 5.56 Å². The van der Waals surface area contributed by atoms with E-state index in [4.69, 9.17) is 21.7 Å². The topological polar surface area (TPSA) is 251 Å². The molecular formula is C21H29N5O9. The zero-order valence-electron chi connectivity index (χ0n) is 18.7. The van der Waals surface area contributed by atoms with Gasteiger partial charge in [-0.1, -0.05) is 12.1 Å². The van der Waals surface area contributed by atoms with Gasteiger partial charge in [0.15, 0.2) is 0 Å². The summed E-state index contributed by atoms with van der Waals surface area (Å²) < 4.78 is 0. The number of carboxylic acids is 2. The van der Waals surface area contributed by atoms with Crippen molar-refractivity contribution in [3.8, 4) is 5.75 Å². The van der Waals surface area contributed by atoms with E-state index >= 15 is 0 Å². The lowest BCUT2D eigenvalue weighted by Crippen LogP contribution is -2.54. The predicted octanol–water partition coefficient (Wildman–Crippen LogP) is -2.44. The third-order valence-corrected chi connectivity index (χ3v) is 4.75. The summed E-state index contributed by atoms with van der Waals surface area (Å²) in [6.45, 7) is -0.647. The smallest absolute Gasteiger partial charge is 0.326 e. The first kappa shape index (κ1) is 28.8. The molecule has 35 heavy (non-hydrogen) atoms. The molecule has 192 valence electrons. The molecule has 10 N–H and O–H groups in total. The van der Waals surface area contributed by atoms with Gasteiger partial charge in [-0.3, -0.25) is 24.0 Å². The van der Waals surface area contributed by atoms with Crippen LogP contribution in [-0.2, 0) is 35.2 Å². The molecule has 4 amide bonds. The number of carbonyl (C=O) groups is 6. The van der Waals surface area contributed by atoms with Crippen LogP contribution in [0.4, 0.5) is 0 Å². The average molecular weight is 495 g/mol. The van der Waals surface area contributed by atoms with Crippen LogP contribution in [0, 0.1) is 0 Å². The number of phenolic OH excluding ortho intramolecular Hbond substituents is 1. The summed E-state index contributed by atoms with van der Waals surface area (Å²) in [5.74, 6) is -5.76. The molecule has 3 atom stereocenters. The highest BCUT2D eigenvalue weighted by Crippen LogP contribution is 2.12. The van der Waals surface area contributed by atoms with E-state index in [2.05, 4.69) is 16.0 Å². The molecule has 0 aliphatic carbocycles. The minimum atomic E-state index is -1.47. The SMILES string of the molecule is NC(=O)CCC(N)C(=O)NC(Cc1ccc(O)cc1)C(=O)NCC(=O)NC(CCC(=O)O)C(=O)O. The van der Waals surface area contributed by atoms with Crippen LogP contribution >= 0.6 is 0 Å². The van der Waals surface area contributed by atoms with Crippen molar-refractivity contribution in [1.82, 2.24) is 16.0 Å². The molecule has 14 nitrogen and oxygen atoms in total. The monoisotopic (exact) mass is 495 g/mol. The Morgan fingerprint density at radius 1 is 0.857 bits per heavy atom. The molecule has 0 aliphatic heterocycles. The molecule has 0 spiro atoms. The van der Waals surface area contributed by atoms with E-state index in [1.807, 2.05) is 0 Å². The summed E-state index contributed by atoms with van der Waals surface area (Å²) in [5, 5.41) is 34.0. The number of hydrogen-bond acceptors (Lipinski definition) is 8. The number of primary amides is 1. The van der Waals surface area contributed by atoms with E-state index in [1.165, 1.54) is 24.3 Å². The number of nitrogens with two attached hydrogens (primary N) is 2. The van der Waals surface area contributed by atoms with Gasteiger partial charge >= 0.3 is 11.9 Å². The number of rotatable bonds is 15. The summed E-state index contributed by atoms with van der Waals surface area (Å²) in [5.41, 5.74) is 11.3. The summed E-state index contributed by atoms with van der Waals surface area (Å²) in [6, 6.07) is 1.98. The maximum Gasteiger partial charge on any atom is 0.326 e. The molecule has 1 aromatic rings. The first-order chi connectivity index (χ1) is 16.4. The number of hydrogen-bond donors (Lipinski definition) is 8. The molecule has 0 bridgehead atoms. The Balaban J connectivity index is 2.82. The van der Waals surface area contributed by atoms with Crippen LogP contribution in [0.5, 0.6) is 5.75 Å². The highest BCUT2D eigenvalue weighted by Gasteiger charge is 2.26. The Hall–Kier alpha value is -4.20. The van der Waals surface area contributed by atoms with Crippen molar-refractivity contribution in [3.63, 3.8) is 0 Å². The second-order valence-corrected chi connectivity index (χ2v) is 7.65. The van der Waals surface area contributed by atoms with Crippen molar-refractivity contribution >= 4 is 35.6 Å². The minimum absolute atomic E-state index is 0.0141. The van der Waals surface area contributed by atoms with Gasteiger partial charge in [0.25, 0.3) is 0 Å². The molecule has 3 unspecified atom stereocenters. The molecular weight excluding hydrogens is 466 g/mol. The summed E-state index contributed by atoms with van der Waals surface area (Å²) in [7, 11) is 0. The van der Waals surface area contributed by atoms with Crippen LogP contribution < -0.4 is 27.4 Å². The van der Waals surface area contributed by atoms with Gasteiger partial charge in [0.2, 0.25) is 23.6 Å². The molecule has 0 heterocycles. The van der Waals surface area contributed by atoms with Gasteiger partial charge in [-0.15, -0.1) is 0 Å². The van der Waals surface area contributed by atoms with Crippen LogP contribution in [0.1, 0.15) is 31.2 Å². The van der Waals surface area contributed by atoms with E-state index in [9.17, 15) is 33.9 Å². The van der Waals surface area contributed by atoms with Gasteiger partial charge in [-0.05, 0) is 30.5 Å². The Bertz CT molecular complexity index is 936. The van der Waals surface area contributed by atoms with E-state index in [0.717, 1.165) is 0 Å². The van der Waals surface area contributed by atoms with Crippen molar-refractivity contribution in [2.24, 2.45) is 11.5 Å². The number of carboxylic acid groups (broad SMARTS) is 2. The molecule has 0 aliphatic rings. The lowest BCUT2D eigenvalue weighted by Gasteiger charge is -2.21. The lowest BCUT2D eigenvalue weighted by atomic mass is 10.0. The van der Waals surface area contributed by atoms with Gasteiger partial charge in [0.1, 0.15) is 17.8 Å². The normalized spacial score (nSPS) is 13.1. The van der Waals surface area contributed by atoms with Crippen LogP contribution in [0.3, 0.4) is 0 Å². The Labute approximate surface area is 200 Å². The van der Waals surface area contributed by atoms with Gasteiger partial charge in [0, 0.05) is 19.3 Å². The van der Waals surface area contributed by atoms with E-state index < -0.39 is 66.7 Å². The van der Waals surface area contributed by atoms with Crippen molar-refractivity contribution in [2.75, 3.05) is 6.54 Å². The summed E-state index contributed by atoms with van der Waals surface area (Å²) in [6.07, 6.45) is -1.08. The maximum atomic E-state index is 12.7. The number of benzene rings is 1. The third-order valence-electron chi connectivity index (χ3n) is 4.75. The number of nitrogens with one attached hydrogen (secondary N) is 3. The first-order valence-electron chi connectivity index (χ1n) is 10.5. The molecule has 0 fully saturated rings. The molecule has 14 heteroatoms. The van der Waals surface area contributed by atoms with Gasteiger partial charge in [-0.2, -0.15) is 0 Å². The first-order valence-corrected chi connectivity index (χ1v) is 10.5. The number of carbonyl (C=O) groups excluding carboxylic acids is 4. The highest BCUT2D eigenvalue weighted by molar-refractivity contribution is 5.93. The number of amides is 4. The van der Waals surface area contributed by atoms with Crippen molar-refractivity contribution in [3.05, 3.63) is 29.8 Å². The fourth-order valence-corrected chi connectivity index (χ4v) is 2.85. The largest absolute Gasteiger partial charge is 0.508 e. The Kier molecular flexibility index (Phi) is 11.7. The highest BCUT2D eigenvalue weighted by atomic mass is 16.4. The Morgan fingerprint density at radius 3 is 2.03 bits per heavy atom. The molecule has 0 saturated heterocycles. The van der Waals surface area contributed by atoms with Crippen LogP contribution in [0.25, 0.3) is 0 Å². The summed E-state index contributed by atoms with van der Waals surface area (Å²) >= 11 is 0. The number of aliphatic carboxylic acids is 2. The fourth-order valence-electron chi connectivity index (χ4n) is 2.85. The van der Waals surface area contributed by atoms with E-state index in [-0.39, 0.29) is 31.4 Å². The predicted molar refractivity (Wildman–Crippen MR) is 120 cm³/mol. The van der Waals surface area contributed by atoms with Gasteiger partial charge < -0.3 is 42.7 Å². The average Bonchev–Trinajstić information content (AvgIpc) is 2.78. The minimum Gasteiger partial charge on any atom is -0.508 e. The second kappa shape index (κ2) is 14.1.